The second-order valence-electron chi connectivity index (χ2n) is 9.05. The number of carboxylic acids is 1. The summed E-state index contributed by atoms with van der Waals surface area (Å²) in [5.74, 6) is -1.75. The van der Waals surface area contributed by atoms with Gasteiger partial charge in [0.15, 0.2) is 0 Å². The molecule has 0 saturated heterocycles. The largest absolute Gasteiger partial charge is 0.480 e. The van der Waals surface area contributed by atoms with E-state index in [2.05, 4.69) is 34.9 Å². The summed E-state index contributed by atoms with van der Waals surface area (Å²) in [5, 5.41) is 23.2. The second-order valence-corrected chi connectivity index (χ2v) is 9.05. The number of nitrogens with one attached hydrogen (secondary N) is 2. The zero-order chi connectivity index (χ0) is 24.7. The van der Waals surface area contributed by atoms with Crippen molar-refractivity contribution < 1.29 is 29.3 Å². The first-order valence-electron chi connectivity index (χ1n) is 11.5. The fraction of sp³-hybridized carbons (Fsp3) is 0.423. The molecule has 0 bridgehead atoms. The molecule has 0 spiro atoms. The maximum absolute atomic E-state index is 12.5. The van der Waals surface area contributed by atoms with Gasteiger partial charge in [-0.15, -0.1) is 0 Å². The number of aliphatic carboxylic acids is 1. The van der Waals surface area contributed by atoms with Gasteiger partial charge in [0.2, 0.25) is 5.91 Å². The van der Waals surface area contributed by atoms with Crippen molar-refractivity contribution in [1.29, 1.82) is 0 Å². The number of aliphatic hydroxyl groups excluding tert-OH is 1. The molecule has 34 heavy (non-hydrogen) atoms. The highest BCUT2D eigenvalue weighted by Crippen LogP contribution is 2.44. The number of hydrogen-bond acceptors (Lipinski definition) is 5. The molecule has 3 rings (SSSR count). The number of hydrogen-bond donors (Lipinski definition) is 4. The van der Waals surface area contributed by atoms with Gasteiger partial charge in [0.05, 0.1) is 6.61 Å². The van der Waals surface area contributed by atoms with E-state index in [-0.39, 0.29) is 37.3 Å². The van der Waals surface area contributed by atoms with Crippen molar-refractivity contribution >= 4 is 18.0 Å². The number of benzene rings is 2. The molecular formula is C26H32N2O6. The highest BCUT2D eigenvalue weighted by atomic mass is 16.5. The van der Waals surface area contributed by atoms with E-state index in [4.69, 9.17) is 14.9 Å². The third-order valence-corrected chi connectivity index (χ3v) is 5.97. The van der Waals surface area contributed by atoms with Gasteiger partial charge in [-0.3, -0.25) is 4.79 Å². The summed E-state index contributed by atoms with van der Waals surface area (Å²) in [6.45, 7) is 3.75. The van der Waals surface area contributed by atoms with Gasteiger partial charge < -0.3 is 25.6 Å². The lowest BCUT2D eigenvalue weighted by Gasteiger charge is -2.21. The predicted octanol–water partition coefficient (Wildman–Crippen LogP) is 3.14. The maximum Gasteiger partial charge on any atom is 0.407 e. The topological polar surface area (TPSA) is 125 Å². The third kappa shape index (κ3) is 6.35. The molecule has 0 heterocycles. The molecule has 2 aromatic rings. The van der Waals surface area contributed by atoms with E-state index >= 15 is 0 Å². The lowest BCUT2D eigenvalue weighted by atomic mass is 9.93. The number of amides is 2. The Balaban J connectivity index is 1.55. The summed E-state index contributed by atoms with van der Waals surface area (Å²) in [6.07, 6.45) is 0.134. The van der Waals surface area contributed by atoms with Crippen molar-refractivity contribution in [2.24, 2.45) is 11.8 Å². The monoisotopic (exact) mass is 468 g/mol. The van der Waals surface area contributed by atoms with Crippen LogP contribution in [0.2, 0.25) is 0 Å². The van der Waals surface area contributed by atoms with E-state index in [1.54, 1.807) is 0 Å². The van der Waals surface area contributed by atoms with E-state index in [0.717, 1.165) is 22.3 Å². The Labute approximate surface area is 199 Å². The van der Waals surface area contributed by atoms with Crippen LogP contribution < -0.4 is 10.6 Å². The molecule has 8 nitrogen and oxygen atoms in total. The minimum absolute atomic E-state index is 0.0333. The number of alkyl carbamates (subject to hydrolysis) is 1. The van der Waals surface area contributed by atoms with Crippen LogP contribution in [0.4, 0.5) is 4.79 Å². The van der Waals surface area contributed by atoms with E-state index in [0.29, 0.717) is 6.42 Å². The van der Waals surface area contributed by atoms with Gasteiger partial charge in [-0.25, -0.2) is 9.59 Å². The summed E-state index contributed by atoms with van der Waals surface area (Å²) in [4.78, 5) is 35.8. The summed E-state index contributed by atoms with van der Waals surface area (Å²) >= 11 is 0. The molecule has 1 aliphatic rings. The molecule has 0 saturated carbocycles. The van der Waals surface area contributed by atoms with Crippen molar-refractivity contribution in [2.75, 3.05) is 19.8 Å². The van der Waals surface area contributed by atoms with Crippen LogP contribution in [0.5, 0.6) is 0 Å². The van der Waals surface area contributed by atoms with Crippen LogP contribution in [0.1, 0.15) is 43.7 Å². The van der Waals surface area contributed by atoms with E-state index in [1.807, 2.05) is 38.1 Å². The summed E-state index contributed by atoms with van der Waals surface area (Å²) < 4.78 is 5.55. The van der Waals surface area contributed by atoms with Gasteiger partial charge in [0, 0.05) is 18.9 Å². The first-order chi connectivity index (χ1) is 16.3. The lowest BCUT2D eigenvalue weighted by Crippen LogP contribution is -2.44. The molecule has 0 radical (unpaired) electrons. The van der Waals surface area contributed by atoms with E-state index < -0.39 is 30.6 Å². The molecule has 182 valence electrons. The molecule has 1 aliphatic carbocycles. The molecule has 4 N–H and O–H groups in total. The SMILES string of the molecule is CC(C)CC(CNC(=O)OCC1c2ccccc2-c2ccccc21)CC(=O)NC(CO)C(=O)O. The smallest absolute Gasteiger partial charge is 0.407 e. The Kier molecular flexibility index (Phi) is 8.65. The van der Waals surface area contributed by atoms with Crippen molar-refractivity contribution in [1.82, 2.24) is 10.6 Å². The van der Waals surface area contributed by atoms with Crippen molar-refractivity contribution in [2.45, 2.75) is 38.6 Å². The van der Waals surface area contributed by atoms with Gasteiger partial charge in [0.1, 0.15) is 12.6 Å². The molecule has 2 unspecified atom stereocenters. The van der Waals surface area contributed by atoms with E-state index in [1.165, 1.54) is 0 Å². The third-order valence-electron chi connectivity index (χ3n) is 5.97. The molecular weight excluding hydrogens is 436 g/mol. The van der Waals surface area contributed by atoms with Crippen LogP contribution >= 0.6 is 0 Å². The Morgan fingerprint density at radius 1 is 1.00 bits per heavy atom. The maximum atomic E-state index is 12.5. The number of rotatable bonds is 11. The van der Waals surface area contributed by atoms with Crippen LogP contribution in [-0.4, -0.2) is 54.0 Å². The van der Waals surface area contributed by atoms with Crippen LogP contribution in [0.25, 0.3) is 11.1 Å². The fourth-order valence-corrected chi connectivity index (χ4v) is 4.48. The summed E-state index contributed by atoms with van der Waals surface area (Å²) in [7, 11) is 0. The molecule has 2 amide bonds. The minimum atomic E-state index is -1.35. The van der Waals surface area contributed by atoms with Crippen LogP contribution in [0.3, 0.4) is 0 Å². The first-order valence-corrected chi connectivity index (χ1v) is 11.5. The fourth-order valence-electron chi connectivity index (χ4n) is 4.48. The lowest BCUT2D eigenvalue weighted by molar-refractivity contribution is -0.143. The van der Waals surface area contributed by atoms with Gasteiger partial charge >= 0.3 is 12.1 Å². The van der Waals surface area contributed by atoms with Gasteiger partial charge in [0.25, 0.3) is 0 Å². The van der Waals surface area contributed by atoms with Crippen molar-refractivity contribution in [3.05, 3.63) is 59.7 Å². The molecule has 0 aromatic heterocycles. The number of ether oxygens (including phenoxy) is 1. The summed E-state index contributed by atoms with van der Waals surface area (Å²) in [5.41, 5.74) is 4.56. The Morgan fingerprint density at radius 2 is 1.59 bits per heavy atom. The number of carbonyl (C=O) groups excluding carboxylic acids is 2. The van der Waals surface area contributed by atoms with Gasteiger partial charge in [-0.2, -0.15) is 0 Å². The summed E-state index contributed by atoms with van der Waals surface area (Å²) in [6, 6.07) is 14.8. The molecule has 8 heteroatoms. The zero-order valence-electron chi connectivity index (χ0n) is 19.5. The van der Waals surface area contributed by atoms with Gasteiger partial charge in [-0.05, 0) is 40.5 Å². The normalized spacial score (nSPS) is 14.1. The molecule has 2 aromatic carbocycles. The highest BCUT2D eigenvalue weighted by Gasteiger charge is 2.29. The molecule has 2 atom stereocenters. The number of aliphatic hydroxyl groups is 1. The Bertz CT molecular complexity index is 976. The van der Waals surface area contributed by atoms with Crippen molar-refractivity contribution in [3.8, 4) is 11.1 Å². The van der Waals surface area contributed by atoms with Crippen LogP contribution in [0.15, 0.2) is 48.5 Å². The van der Waals surface area contributed by atoms with Gasteiger partial charge in [-0.1, -0.05) is 62.4 Å². The van der Waals surface area contributed by atoms with Crippen LogP contribution in [-0.2, 0) is 14.3 Å². The van der Waals surface area contributed by atoms with Crippen LogP contribution in [0, 0.1) is 11.8 Å². The molecule has 0 fully saturated rings. The first kappa shape index (κ1) is 25.2. The average Bonchev–Trinajstić information content (AvgIpc) is 3.13. The molecule has 0 aliphatic heterocycles. The Hall–Kier alpha value is -3.39. The Morgan fingerprint density at radius 3 is 2.12 bits per heavy atom. The number of carboxylic acid groups (broad SMARTS) is 1. The number of fused-ring (bicyclic) bond motifs is 3. The standard InChI is InChI=1S/C26H32N2O6/c1-16(2)11-17(12-24(30)28-23(14-29)25(31)32)13-27-26(33)34-15-22-20-9-5-3-7-18(20)19-8-4-6-10-21(19)22/h3-10,16-17,22-23,29H,11-15H2,1-2H3,(H,27,33)(H,28,30)(H,31,32). The van der Waals surface area contributed by atoms with E-state index in [9.17, 15) is 14.4 Å². The average molecular weight is 469 g/mol. The highest BCUT2D eigenvalue weighted by molar-refractivity contribution is 5.83. The quantitative estimate of drug-likeness (QED) is 0.402. The number of carbonyl (C=O) groups is 3. The second kappa shape index (κ2) is 11.7. The zero-order valence-corrected chi connectivity index (χ0v) is 19.5. The van der Waals surface area contributed by atoms with Crippen molar-refractivity contribution in [3.63, 3.8) is 0 Å². The minimum Gasteiger partial charge on any atom is -0.480 e. The predicted molar refractivity (Wildman–Crippen MR) is 127 cm³/mol.